The van der Waals surface area contributed by atoms with Gasteiger partial charge in [0.15, 0.2) is 0 Å². The monoisotopic (exact) mass is 430 g/mol. The number of carbonyl (C=O) groups is 2. The van der Waals surface area contributed by atoms with Gasteiger partial charge in [-0.25, -0.2) is 9.59 Å². The van der Waals surface area contributed by atoms with E-state index in [-0.39, 0.29) is 13.1 Å². The molecule has 162 valence electrons. The summed E-state index contributed by atoms with van der Waals surface area (Å²) in [6, 6.07) is 0. The Morgan fingerprint density at radius 3 is 2.66 bits per heavy atom. The Labute approximate surface area is 173 Å². The lowest BCUT2D eigenvalue weighted by Gasteiger charge is -2.47. The summed E-state index contributed by atoms with van der Waals surface area (Å²) in [5.74, 6) is -3.28. The van der Waals surface area contributed by atoms with Gasteiger partial charge in [0.2, 0.25) is 6.10 Å². The molecular weight excluding hydrogens is 402 g/mol. The lowest BCUT2D eigenvalue weighted by molar-refractivity contribution is -0.970. The molecule has 0 saturated heterocycles. The smallest absolute Gasteiger partial charge is 0.399 e. The molecule has 0 aromatic carbocycles. The third-order valence-corrected chi connectivity index (χ3v) is 5.80. The van der Waals surface area contributed by atoms with Gasteiger partial charge in [0.25, 0.3) is 5.88 Å². The van der Waals surface area contributed by atoms with Crippen LogP contribution in [0.1, 0.15) is 44.7 Å². The van der Waals surface area contributed by atoms with Crippen LogP contribution >= 0.6 is 11.7 Å². The molecule has 11 heteroatoms. The molecule has 0 bridgehead atoms. The fourth-order valence-corrected chi connectivity index (χ4v) is 4.02. The van der Waals surface area contributed by atoms with E-state index in [0.29, 0.717) is 30.2 Å². The molecule has 0 fully saturated rings. The highest BCUT2D eigenvalue weighted by molar-refractivity contribution is 6.99. The molecule has 2 heterocycles. The number of nitrogens with zero attached hydrogens (tertiary/aromatic N) is 3. The molecule has 1 aliphatic rings. The van der Waals surface area contributed by atoms with Crippen LogP contribution in [0, 0.1) is 0 Å². The molecule has 10 nitrogen and oxygen atoms in total. The van der Waals surface area contributed by atoms with Crippen molar-refractivity contribution in [2.45, 2.75) is 50.9 Å². The van der Waals surface area contributed by atoms with Crippen molar-refractivity contribution >= 4 is 29.2 Å². The van der Waals surface area contributed by atoms with Gasteiger partial charge in [0.1, 0.15) is 12.2 Å². The molecule has 0 aliphatic carbocycles. The van der Waals surface area contributed by atoms with E-state index in [0.717, 1.165) is 37.4 Å². The van der Waals surface area contributed by atoms with Crippen LogP contribution in [0.4, 0.5) is 0 Å². The number of aliphatic hydroxyl groups excluding tert-OH is 1. The molecular formula is C18H28N3O7S+. The van der Waals surface area contributed by atoms with Crippen LogP contribution < -0.4 is 4.74 Å². The number of carboxylic acid groups (broad SMARTS) is 2. The Balaban J connectivity index is 2.22. The highest BCUT2D eigenvalue weighted by atomic mass is 32.1. The number of hydrogen-bond donors (Lipinski definition) is 4. The summed E-state index contributed by atoms with van der Waals surface area (Å²) in [6.45, 7) is 2.68. The van der Waals surface area contributed by atoms with E-state index >= 15 is 0 Å². The van der Waals surface area contributed by atoms with Crippen LogP contribution in [0.3, 0.4) is 0 Å². The van der Waals surface area contributed by atoms with Gasteiger partial charge in [-0.2, -0.15) is 4.37 Å². The molecule has 29 heavy (non-hydrogen) atoms. The summed E-state index contributed by atoms with van der Waals surface area (Å²) in [5.41, 5.74) is -1.88. The van der Waals surface area contributed by atoms with Crippen LogP contribution in [0.5, 0.6) is 5.88 Å². The number of aromatic nitrogens is 2. The summed E-state index contributed by atoms with van der Waals surface area (Å²) in [7, 11) is 1.40. The first-order chi connectivity index (χ1) is 13.7. The highest BCUT2D eigenvalue weighted by Crippen LogP contribution is 2.35. The summed E-state index contributed by atoms with van der Waals surface area (Å²) in [6.07, 6.45) is 3.86. The predicted molar refractivity (Wildman–Crippen MR) is 104 cm³/mol. The van der Waals surface area contributed by atoms with Gasteiger partial charge in [-0.3, -0.25) is 4.48 Å². The van der Waals surface area contributed by atoms with Gasteiger partial charge < -0.3 is 25.2 Å². The Kier molecular flexibility index (Phi) is 7.69. The molecule has 0 spiro atoms. The van der Waals surface area contributed by atoms with E-state index in [2.05, 4.69) is 15.7 Å². The minimum Gasteiger partial charge on any atom is -0.479 e. The number of likely N-dealkylation sites (N-methyl/N-ethyl adjacent to an activating group) is 1. The summed E-state index contributed by atoms with van der Waals surface area (Å²) < 4.78 is 13.5. The molecule has 1 aromatic rings. The third-order valence-electron chi connectivity index (χ3n) is 5.28. The van der Waals surface area contributed by atoms with Crippen LogP contribution in [0.2, 0.25) is 0 Å². The largest absolute Gasteiger partial charge is 0.479 e. The van der Waals surface area contributed by atoms with E-state index in [1.807, 2.05) is 6.08 Å². The standard InChI is InChI=1S/C18H27N3O7S/c1-3-4-5-6-10-28-15-13(19-29-20-15)12-8-7-9-21(2,11-12)18(27,17(25)26)14(22)16(23)24/h8,14,22,27H,3-7,9-11H2,1-2H3,(H-,23,24,25,26)/p+1. The first-order valence-corrected chi connectivity index (χ1v) is 10.3. The van der Waals surface area contributed by atoms with Gasteiger partial charge in [0.05, 0.1) is 31.9 Å². The van der Waals surface area contributed by atoms with E-state index in [9.17, 15) is 24.9 Å². The highest BCUT2D eigenvalue weighted by Gasteiger charge is 2.63. The second-order valence-corrected chi connectivity index (χ2v) is 7.92. The molecule has 4 N–H and O–H groups in total. The first-order valence-electron chi connectivity index (χ1n) is 9.53. The quantitative estimate of drug-likeness (QED) is 0.297. The number of quaternary nitrogens is 1. The van der Waals surface area contributed by atoms with Crippen molar-refractivity contribution in [3.63, 3.8) is 0 Å². The minimum absolute atomic E-state index is 0.0508. The van der Waals surface area contributed by atoms with E-state index < -0.39 is 28.3 Å². The number of unbranched alkanes of at least 4 members (excludes halogenated alkanes) is 3. The number of aliphatic hydroxyl groups is 2. The Morgan fingerprint density at radius 2 is 2.03 bits per heavy atom. The normalized spacial score (nSPS) is 22.4. The molecule has 3 unspecified atom stereocenters. The number of carboxylic acids is 2. The topological polar surface area (TPSA) is 150 Å². The van der Waals surface area contributed by atoms with Crippen molar-refractivity contribution in [3.05, 3.63) is 11.8 Å². The van der Waals surface area contributed by atoms with Crippen molar-refractivity contribution in [1.29, 1.82) is 0 Å². The van der Waals surface area contributed by atoms with E-state index in [1.165, 1.54) is 7.05 Å². The SMILES string of the molecule is CCCCCCOc1nsnc1C1=CCC[N+](C)(C(O)(C(=O)O)C(O)C(=O)O)C1. The minimum atomic E-state index is -2.92. The first kappa shape index (κ1) is 23.2. The molecule has 0 saturated carbocycles. The van der Waals surface area contributed by atoms with Gasteiger partial charge in [-0.1, -0.05) is 32.3 Å². The van der Waals surface area contributed by atoms with Crippen molar-refractivity contribution in [3.8, 4) is 5.88 Å². The summed E-state index contributed by atoms with van der Waals surface area (Å²) >= 11 is 0.958. The number of hydrogen-bond acceptors (Lipinski definition) is 8. The number of aliphatic carboxylic acids is 2. The summed E-state index contributed by atoms with van der Waals surface area (Å²) in [5, 5.41) is 39.4. The van der Waals surface area contributed by atoms with Crippen LogP contribution in [0.15, 0.2) is 6.08 Å². The molecule has 1 aliphatic heterocycles. The van der Waals surface area contributed by atoms with Gasteiger partial charge in [-0.05, 0) is 6.42 Å². The molecule has 2 rings (SSSR count). The molecule has 3 atom stereocenters. The van der Waals surface area contributed by atoms with Gasteiger partial charge in [-0.15, -0.1) is 4.37 Å². The maximum atomic E-state index is 11.8. The zero-order valence-corrected chi connectivity index (χ0v) is 17.4. The Hall–Kier alpha value is -2.08. The second kappa shape index (κ2) is 9.61. The average Bonchev–Trinajstić information content (AvgIpc) is 3.14. The Morgan fingerprint density at radius 1 is 1.31 bits per heavy atom. The Bertz CT molecular complexity index is 768. The average molecular weight is 431 g/mol. The van der Waals surface area contributed by atoms with Crippen molar-refractivity contribution < 1.29 is 39.2 Å². The van der Waals surface area contributed by atoms with Crippen LogP contribution in [-0.2, 0) is 9.59 Å². The molecule has 0 radical (unpaired) electrons. The second-order valence-electron chi connectivity index (χ2n) is 7.39. The third kappa shape index (κ3) is 4.74. The van der Waals surface area contributed by atoms with Crippen molar-refractivity contribution in [2.24, 2.45) is 0 Å². The summed E-state index contributed by atoms with van der Waals surface area (Å²) in [4.78, 5) is 23.1. The van der Waals surface area contributed by atoms with E-state index in [1.54, 1.807) is 0 Å². The maximum absolute atomic E-state index is 11.8. The molecule has 0 amide bonds. The van der Waals surface area contributed by atoms with Crippen LogP contribution in [0.25, 0.3) is 5.57 Å². The fraction of sp³-hybridized carbons (Fsp3) is 0.667. The zero-order valence-electron chi connectivity index (χ0n) is 16.6. The lowest BCUT2D eigenvalue weighted by atomic mass is 9.95. The fourth-order valence-electron chi connectivity index (χ4n) is 3.49. The van der Waals surface area contributed by atoms with Crippen molar-refractivity contribution in [2.75, 3.05) is 26.7 Å². The van der Waals surface area contributed by atoms with Crippen LogP contribution in [-0.4, -0.2) is 84.2 Å². The van der Waals surface area contributed by atoms with Crippen molar-refractivity contribution in [1.82, 2.24) is 8.75 Å². The zero-order chi connectivity index (χ0) is 21.7. The van der Waals surface area contributed by atoms with Gasteiger partial charge >= 0.3 is 17.7 Å². The predicted octanol–water partition coefficient (Wildman–Crippen LogP) is 0.950. The van der Waals surface area contributed by atoms with Gasteiger partial charge in [0, 0.05) is 12.0 Å². The molecule has 1 aromatic heterocycles. The number of rotatable bonds is 11. The van der Waals surface area contributed by atoms with E-state index in [4.69, 9.17) is 9.84 Å². The number of ether oxygens (including phenoxy) is 1. The lowest BCUT2D eigenvalue weighted by Crippen LogP contribution is -2.74. The maximum Gasteiger partial charge on any atom is 0.399 e.